The van der Waals surface area contributed by atoms with Crippen LogP contribution in [0.5, 0.6) is 0 Å². The van der Waals surface area contributed by atoms with Gasteiger partial charge in [0.2, 0.25) is 0 Å². The van der Waals surface area contributed by atoms with Gasteiger partial charge in [-0.1, -0.05) is 42.5 Å². The highest BCUT2D eigenvalue weighted by molar-refractivity contribution is 5.94. The molecule has 35 heavy (non-hydrogen) atoms. The summed E-state index contributed by atoms with van der Waals surface area (Å²) < 4.78 is 3.13. The zero-order valence-electron chi connectivity index (χ0n) is 18.5. The fourth-order valence-corrected chi connectivity index (χ4v) is 4.00. The van der Waals surface area contributed by atoms with E-state index in [0.29, 0.717) is 29.7 Å². The predicted octanol–water partition coefficient (Wildman–Crippen LogP) is 3.13. The molecule has 174 valence electrons. The number of carbonyl (C=O) groups is 1. The van der Waals surface area contributed by atoms with Crippen molar-refractivity contribution < 1.29 is 9.72 Å². The third-order valence-electron chi connectivity index (χ3n) is 5.79. The molecule has 3 aromatic carbocycles. The van der Waals surface area contributed by atoms with Crippen LogP contribution in [0.1, 0.15) is 15.9 Å². The van der Waals surface area contributed by atoms with E-state index >= 15 is 0 Å². The molecule has 5 aromatic rings. The van der Waals surface area contributed by atoms with Crippen LogP contribution in [0.2, 0.25) is 0 Å². The van der Waals surface area contributed by atoms with Crippen molar-refractivity contribution in [1.82, 2.24) is 24.6 Å². The molecule has 5 rings (SSSR count). The molecule has 2 heterocycles. The quantitative estimate of drug-likeness (QED) is 0.289. The van der Waals surface area contributed by atoms with E-state index < -0.39 is 4.92 Å². The van der Waals surface area contributed by atoms with E-state index in [2.05, 4.69) is 15.4 Å². The first-order chi connectivity index (χ1) is 17.0. The summed E-state index contributed by atoms with van der Waals surface area (Å²) in [5.74, 6) is -0.359. The van der Waals surface area contributed by atoms with Crippen molar-refractivity contribution in [3.63, 3.8) is 0 Å². The van der Waals surface area contributed by atoms with E-state index in [0.717, 1.165) is 16.3 Å². The van der Waals surface area contributed by atoms with Gasteiger partial charge in [-0.25, -0.2) is 9.67 Å². The first kappa shape index (κ1) is 22.0. The van der Waals surface area contributed by atoms with Crippen LogP contribution in [-0.2, 0) is 13.1 Å². The molecule has 1 N–H and O–H groups in total. The van der Waals surface area contributed by atoms with E-state index in [1.165, 1.54) is 36.8 Å². The maximum atomic E-state index is 13.1. The second kappa shape index (κ2) is 9.18. The Morgan fingerprint density at radius 3 is 2.57 bits per heavy atom. The van der Waals surface area contributed by atoms with Gasteiger partial charge in [0, 0.05) is 24.2 Å². The molecule has 2 aromatic heterocycles. The number of non-ortho nitro benzene ring substituents is 1. The number of nitro groups is 1. The Labute approximate surface area is 198 Å². The standard InChI is InChI=1S/C25H20N6O4/c32-24(18-8-10-20(11-9-18)31(34)35)26-12-13-30-23-22(14-28-30)25(33)29(16-27-23)15-19-6-3-5-17-4-1-2-7-21(17)19/h1-11,14,16H,12-13,15H2,(H,26,32). The van der Waals surface area contributed by atoms with Gasteiger partial charge in [-0.2, -0.15) is 5.10 Å². The SMILES string of the molecule is O=C(NCCn1ncc2c(=O)n(Cc3cccc4ccccc34)cnc21)c1ccc([N+](=O)[O-])cc1. The Morgan fingerprint density at radius 1 is 1.00 bits per heavy atom. The molecule has 1 amide bonds. The number of aromatic nitrogens is 4. The minimum absolute atomic E-state index is 0.0817. The highest BCUT2D eigenvalue weighted by Crippen LogP contribution is 2.19. The van der Waals surface area contributed by atoms with E-state index in [-0.39, 0.29) is 23.7 Å². The number of rotatable bonds is 7. The maximum absolute atomic E-state index is 13.1. The molecule has 0 unspecified atom stereocenters. The summed E-state index contributed by atoms with van der Waals surface area (Å²) in [5.41, 5.74) is 1.50. The van der Waals surface area contributed by atoms with Crippen LogP contribution in [0.25, 0.3) is 21.8 Å². The highest BCUT2D eigenvalue weighted by Gasteiger charge is 2.13. The molecule has 10 heteroatoms. The Kier molecular flexibility index (Phi) is 5.76. The van der Waals surface area contributed by atoms with Gasteiger partial charge in [-0.05, 0) is 28.5 Å². The molecule has 0 aliphatic heterocycles. The number of nitrogens with zero attached hydrogens (tertiary/aromatic N) is 5. The van der Waals surface area contributed by atoms with E-state index in [1.54, 1.807) is 9.25 Å². The molecule has 0 saturated heterocycles. The normalized spacial score (nSPS) is 11.1. The molecule has 0 atom stereocenters. The average molecular weight is 468 g/mol. The van der Waals surface area contributed by atoms with Crippen LogP contribution in [0.15, 0.2) is 84.0 Å². The van der Waals surface area contributed by atoms with Gasteiger partial charge in [-0.15, -0.1) is 0 Å². The van der Waals surface area contributed by atoms with E-state index in [4.69, 9.17) is 0 Å². The number of carbonyl (C=O) groups excluding carboxylic acids is 1. The monoisotopic (exact) mass is 468 g/mol. The molecule has 10 nitrogen and oxygen atoms in total. The number of nitrogens with one attached hydrogen (secondary N) is 1. The zero-order valence-corrected chi connectivity index (χ0v) is 18.5. The van der Waals surface area contributed by atoms with Crippen molar-refractivity contribution in [3.05, 3.63) is 111 Å². The summed E-state index contributed by atoms with van der Waals surface area (Å²) in [6.45, 7) is 0.939. The second-order valence-electron chi connectivity index (χ2n) is 7.98. The molecular formula is C25H20N6O4. The summed E-state index contributed by atoms with van der Waals surface area (Å²) in [5, 5.41) is 20.4. The minimum atomic E-state index is -0.520. The Morgan fingerprint density at radius 2 is 1.77 bits per heavy atom. The fraction of sp³-hybridized carbons (Fsp3) is 0.120. The molecule has 0 saturated carbocycles. The summed E-state index contributed by atoms with van der Waals surface area (Å²) in [6.07, 6.45) is 3.00. The number of nitro benzene ring substituents is 1. The van der Waals surface area contributed by atoms with Crippen molar-refractivity contribution in [3.8, 4) is 0 Å². The Balaban J connectivity index is 1.29. The molecule has 0 bridgehead atoms. The maximum Gasteiger partial charge on any atom is 0.269 e. The number of fused-ring (bicyclic) bond motifs is 2. The molecule has 0 aliphatic carbocycles. The van der Waals surface area contributed by atoms with Crippen LogP contribution in [0.3, 0.4) is 0 Å². The molecule has 0 aliphatic rings. The first-order valence-electron chi connectivity index (χ1n) is 10.9. The lowest BCUT2D eigenvalue weighted by atomic mass is 10.0. The number of benzene rings is 3. The topological polar surface area (TPSA) is 125 Å². The van der Waals surface area contributed by atoms with Gasteiger partial charge >= 0.3 is 0 Å². The minimum Gasteiger partial charge on any atom is -0.350 e. The molecular weight excluding hydrogens is 448 g/mol. The molecule has 0 spiro atoms. The Bertz CT molecular complexity index is 1620. The van der Waals surface area contributed by atoms with Crippen LogP contribution < -0.4 is 10.9 Å². The average Bonchev–Trinajstić information content (AvgIpc) is 3.29. The van der Waals surface area contributed by atoms with Crippen LogP contribution in [0, 0.1) is 10.1 Å². The smallest absolute Gasteiger partial charge is 0.269 e. The number of amides is 1. The predicted molar refractivity (Wildman–Crippen MR) is 130 cm³/mol. The van der Waals surface area contributed by atoms with Gasteiger partial charge in [0.1, 0.15) is 11.7 Å². The second-order valence-corrected chi connectivity index (χ2v) is 7.98. The van der Waals surface area contributed by atoms with E-state index in [9.17, 15) is 19.7 Å². The van der Waals surface area contributed by atoms with Gasteiger partial charge in [-0.3, -0.25) is 24.3 Å². The lowest BCUT2D eigenvalue weighted by molar-refractivity contribution is -0.384. The first-order valence-corrected chi connectivity index (χ1v) is 10.9. The Hall–Kier alpha value is -4.86. The third-order valence-corrected chi connectivity index (χ3v) is 5.79. The van der Waals surface area contributed by atoms with Crippen molar-refractivity contribution in [2.75, 3.05) is 6.54 Å². The largest absolute Gasteiger partial charge is 0.350 e. The van der Waals surface area contributed by atoms with Crippen molar-refractivity contribution in [2.24, 2.45) is 0 Å². The third kappa shape index (κ3) is 4.36. The van der Waals surface area contributed by atoms with Crippen molar-refractivity contribution in [1.29, 1.82) is 0 Å². The molecule has 0 radical (unpaired) electrons. The number of hydrogen-bond acceptors (Lipinski definition) is 6. The molecule has 0 fully saturated rings. The van der Waals surface area contributed by atoms with Crippen LogP contribution in [-0.4, -0.2) is 36.7 Å². The van der Waals surface area contributed by atoms with Gasteiger partial charge in [0.15, 0.2) is 5.65 Å². The van der Waals surface area contributed by atoms with Gasteiger partial charge in [0.05, 0.1) is 24.2 Å². The lowest BCUT2D eigenvalue weighted by Gasteiger charge is -2.09. The van der Waals surface area contributed by atoms with Crippen molar-refractivity contribution in [2.45, 2.75) is 13.1 Å². The summed E-state index contributed by atoms with van der Waals surface area (Å²) >= 11 is 0. The lowest BCUT2D eigenvalue weighted by Crippen LogP contribution is -2.27. The van der Waals surface area contributed by atoms with Gasteiger partial charge < -0.3 is 5.32 Å². The van der Waals surface area contributed by atoms with Crippen LogP contribution >= 0.6 is 0 Å². The fourth-order valence-electron chi connectivity index (χ4n) is 4.00. The van der Waals surface area contributed by atoms with Gasteiger partial charge in [0.25, 0.3) is 17.2 Å². The summed E-state index contributed by atoms with van der Waals surface area (Å²) in [4.78, 5) is 40.1. The summed E-state index contributed by atoms with van der Waals surface area (Å²) in [6, 6.07) is 19.4. The number of hydrogen-bond donors (Lipinski definition) is 1. The zero-order chi connectivity index (χ0) is 24.4. The van der Waals surface area contributed by atoms with Crippen molar-refractivity contribution >= 4 is 33.4 Å². The van der Waals surface area contributed by atoms with Crippen LogP contribution in [0.4, 0.5) is 5.69 Å². The van der Waals surface area contributed by atoms with E-state index in [1.807, 2.05) is 42.5 Å². The highest BCUT2D eigenvalue weighted by atomic mass is 16.6. The summed E-state index contributed by atoms with van der Waals surface area (Å²) in [7, 11) is 0.